The molecule has 1 fully saturated rings. The van der Waals surface area contributed by atoms with E-state index in [1.54, 1.807) is 0 Å². The molecule has 8 heteroatoms. The number of hydrogen-bond donors (Lipinski definition) is 1. The highest BCUT2D eigenvalue weighted by molar-refractivity contribution is 6.18. The standard InChI is InChI=1S/C10H13ClN4O3/c1-18-9(17)3-7-12-10(14-13-7)15-5-6(4-11)2-8(15)16/h6H,2-5H2,1H3,(H,12,13,14). The average Bonchev–Trinajstić information content (AvgIpc) is 2.95. The van der Waals surface area contributed by atoms with E-state index < -0.39 is 5.97 Å². The zero-order valence-corrected chi connectivity index (χ0v) is 10.6. The van der Waals surface area contributed by atoms with Crippen LogP contribution in [-0.4, -0.2) is 46.6 Å². The second kappa shape index (κ2) is 5.34. The van der Waals surface area contributed by atoms with Crippen molar-refractivity contribution in [3.8, 4) is 0 Å². The number of nitrogens with zero attached hydrogens (tertiary/aromatic N) is 3. The summed E-state index contributed by atoms with van der Waals surface area (Å²) < 4.78 is 4.52. The number of nitrogens with one attached hydrogen (secondary N) is 1. The molecule has 1 aliphatic heterocycles. The molecule has 1 atom stereocenters. The zero-order chi connectivity index (χ0) is 13.1. The normalized spacial score (nSPS) is 19.3. The molecule has 1 N–H and O–H groups in total. The Morgan fingerprint density at radius 3 is 3.06 bits per heavy atom. The molecule has 0 aliphatic carbocycles. The molecule has 1 aromatic heterocycles. The van der Waals surface area contributed by atoms with Crippen LogP contribution < -0.4 is 4.90 Å². The van der Waals surface area contributed by atoms with Gasteiger partial charge in [-0.2, -0.15) is 4.98 Å². The molecule has 7 nitrogen and oxygen atoms in total. The van der Waals surface area contributed by atoms with Gasteiger partial charge < -0.3 is 4.74 Å². The maximum atomic E-state index is 11.7. The maximum absolute atomic E-state index is 11.7. The first-order chi connectivity index (χ1) is 8.63. The Labute approximate surface area is 108 Å². The second-order valence-electron chi connectivity index (χ2n) is 4.06. The van der Waals surface area contributed by atoms with E-state index in [1.807, 2.05) is 0 Å². The van der Waals surface area contributed by atoms with Crippen molar-refractivity contribution < 1.29 is 14.3 Å². The molecule has 1 aromatic rings. The molecule has 18 heavy (non-hydrogen) atoms. The number of alkyl halides is 1. The Morgan fingerprint density at radius 1 is 1.67 bits per heavy atom. The molecule has 0 spiro atoms. The van der Waals surface area contributed by atoms with Crippen LogP contribution in [0.4, 0.5) is 5.95 Å². The van der Waals surface area contributed by atoms with Crippen LogP contribution in [-0.2, 0) is 20.7 Å². The van der Waals surface area contributed by atoms with E-state index in [1.165, 1.54) is 12.0 Å². The zero-order valence-electron chi connectivity index (χ0n) is 9.85. The van der Waals surface area contributed by atoms with E-state index in [4.69, 9.17) is 11.6 Å². The number of carbonyl (C=O) groups excluding carboxylic acids is 2. The number of halogens is 1. The Kier molecular flexibility index (Phi) is 3.81. The number of anilines is 1. The number of methoxy groups -OCH3 is 1. The van der Waals surface area contributed by atoms with Crippen molar-refractivity contribution in [3.63, 3.8) is 0 Å². The fraction of sp³-hybridized carbons (Fsp3) is 0.600. The van der Waals surface area contributed by atoms with Gasteiger partial charge in [-0.25, -0.2) is 0 Å². The van der Waals surface area contributed by atoms with Gasteiger partial charge in [0.05, 0.1) is 7.11 Å². The van der Waals surface area contributed by atoms with Crippen molar-refractivity contribution in [2.45, 2.75) is 12.8 Å². The first kappa shape index (κ1) is 12.8. The number of esters is 1. The van der Waals surface area contributed by atoms with E-state index in [0.717, 1.165) is 0 Å². The lowest BCUT2D eigenvalue weighted by Crippen LogP contribution is -2.25. The summed E-state index contributed by atoms with van der Waals surface area (Å²) in [4.78, 5) is 28.4. The van der Waals surface area contributed by atoms with Crippen molar-refractivity contribution in [2.24, 2.45) is 5.92 Å². The summed E-state index contributed by atoms with van der Waals surface area (Å²) in [5.74, 6) is 0.752. The van der Waals surface area contributed by atoms with Crippen LogP contribution in [0.15, 0.2) is 0 Å². The summed E-state index contributed by atoms with van der Waals surface area (Å²) in [6.45, 7) is 0.512. The molecule has 1 unspecified atom stereocenters. The lowest BCUT2D eigenvalue weighted by molar-refractivity contribution is -0.139. The third-order valence-electron chi connectivity index (χ3n) is 2.72. The highest BCUT2D eigenvalue weighted by atomic mass is 35.5. The topological polar surface area (TPSA) is 88.2 Å². The van der Waals surface area contributed by atoms with Gasteiger partial charge in [0, 0.05) is 18.8 Å². The van der Waals surface area contributed by atoms with Gasteiger partial charge in [0.25, 0.3) is 5.95 Å². The summed E-state index contributed by atoms with van der Waals surface area (Å²) in [5, 5.41) is 6.54. The number of H-pyrrole nitrogens is 1. The minimum Gasteiger partial charge on any atom is -0.469 e. The van der Waals surface area contributed by atoms with Gasteiger partial charge in [-0.15, -0.1) is 16.7 Å². The van der Waals surface area contributed by atoms with Crippen molar-refractivity contribution >= 4 is 29.4 Å². The predicted molar refractivity (Wildman–Crippen MR) is 63.3 cm³/mol. The Balaban J connectivity index is 2.06. The number of carbonyl (C=O) groups is 2. The molecule has 0 bridgehead atoms. The van der Waals surface area contributed by atoms with Crippen LogP contribution >= 0.6 is 11.6 Å². The van der Waals surface area contributed by atoms with Gasteiger partial charge in [-0.3, -0.25) is 19.6 Å². The Hall–Kier alpha value is -1.63. The van der Waals surface area contributed by atoms with Crippen molar-refractivity contribution in [1.82, 2.24) is 15.2 Å². The second-order valence-corrected chi connectivity index (χ2v) is 4.37. The van der Waals surface area contributed by atoms with Crippen LogP contribution in [0.2, 0.25) is 0 Å². The summed E-state index contributed by atoms with van der Waals surface area (Å²) >= 11 is 5.73. The van der Waals surface area contributed by atoms with Crippen molar-refractivity contribution in [1.29, 1.82) is 0 Å². The van der Waals surface area contributed by atoms with Gasteiger partial charge in [-0.1, -0.05) is 0 Å². The fourth-order valence-corrected chi connectivity index (χ4v) is 1.98. The average molecular weight is 273 g/mol. The van der Waals surface area contributed by atoms with Gasteiger partial charge in [0.2, 0.25) is 5.91 Å². The smallest absolute Gasteiger partial charge is 0.313 e. The fourth-order valence-electron chi connectivity index (χ4n) is 1.77. The summed E-state index contributed by atoms with van der Waals surface area (Å²) in [6.07, 6.45) is 0.412. The lowest BCUT2D eigenvalue weighted by Gasteiger charge is -2.10. The largest absolute Gasteiger partial charge is 0.469 e. The van der Waals surface area contributed by atoms with Crippen molar-refractivity contribution in [3.05, 3.63) is 5.82 Å². The van der Waals surface area contributed by atoms with E-state index in [0.29, 0.717) is 24.7 Å². The quantitative estimate of drug-likeness (QED) is 0.621. The monoisotopic (exact) mass is 272 g/mol. The molecule has 1 aliphatic rings. The predicted octanol–water partition coefficient (Wildman–Crippen LogP) is 0.112. The van der Waals surface area contributed by atoms with Gasteiger partial charge in [0.15, 0.2) is 0 Å². The molecule has 1 amide bonds. The Morgan fingerprint density at radius 2 is 2.44 bits per heavy atom. The van der Waals surface area contributed by atoms with Crippen LogP contribution in [0.1, 0.15) is 12.2 Å². The molecular formula is C10H13ClN4O3. The van der Waals surface area contributed by atoms with Crippen molar-refractivity contribution in [2.75, 3.05) is 24.4 Å². The van der Waals surface area contributed by atoms with E-state index in [-0.39, 0.29) is 24.2 Å². The number of amides is 1. The number of aromatic nitrogens is 3. The Bertz CT molecular complexity index is 462. The van der Waals surface area contributed by atoms with E-state index >= 15 is 0 Å². The molecular weight excluding hydrogens is 260 g/mol. The highest BCUT2D eigenvalue weighted by Gasteiger charge is 2.32. The maximum Gasteiger partial charge on any atom is 0.313 e. The third kappa shape index (κ3) is 2.61. The molecule has 0 aromatic carbocycles. The van der Waals surface area contributed by atoms with Gasteiger partial charge in [-0.05, 0) is 5.92 Å². The molecule has 1 saturated heterocycles. The van der Waals surface area contributed by atoms with Gasteiger partial charge in [0.1, 0.15) is 12.2 Å². The summed E-state index contributed by atoms with van der Waals surface area (Å²) in [6, 6.07) is 0. The molecule has 2 heterocycles. The summed E-state index contributed by atoms with van der Waals surface area (Å²) in [5.41, 5.74) is 0. The van der Waals surface area contributed by atoms with E-state index in [9.17, 15) is 9.59 Å². The molecule has 2 rings (SSSR count). The minimum atomic E-state index is -0.413. The third-order valence-corrected chi connectivity index (χ3v) is 3.16. The molecule has 0 radical (unpaired) electrons. The van der Waals surface area contributed by atoms with Crippen LogP contribution in [0.5, 0.6) is 0 Å². The molecule has 98 valence electrons. The number of hydrogen-bond acceptors (Lipinski definition) is 5. The SMILES string of the molecule is COC(=O)Cc1nc(N2CC(CCl)CC2=O)n[nH]1. The number of aromatic amines is 1. The van der Waals surface area contributed by atoms with E-state index in [2.05, 4.69) is 19.9 Å². The number of rotatable bonds is 4. The number of ether oxygens (including phenoxy) is 1. The van der Waals surface area contributed by atoms with Crippen LogP contribution in [0, 0.1) is 5.92 Å². The first-order valence-corrected chi connectivity index (χ1v) is 6.02. The van der Waals surface area contributed by atoms with Crippen LogP contribution in [0.3, 0.4) is 0 Å². The first-order valence-electron chi connectivity index (χ1n) is 5.48. The highest BCUT2D eigenvalue weighted by Crippen LogP contribution is 2.22. The van der Waals surface area contributed by atoms with Crippen LogP contribution in [0.25, 0.3) is 0 Å². The molecule has 0 saturated carbocycles. The summed E-state index contributed by atoms with van der Waals surface area (Å²) in [7, 11) is 1.30. The van der Waals surface area contributed by atoms with Gasteiger partial charge >= 0.3 is 5.97 Å². The minimum absolute atomic E-state index is 0.00443. The lowest BCUT2D eigenvalue weighted by atomic mass is 10.2.